The van der Waals surface area contributed by atoms with Gasteiger partial charge in [0.15, 0.2) is 18.5 Å². The fourth-order valence-electron chi connectivity index (χ4n) is 7.14. The Hall–Kier alpha value is -3.49. The highest BCUT2D eigenvalue weighted by molar-refractivity contribution is 5.86. The van der Waals surface area contributed by atoms with Crippen LogP contribution in [0.4, 0.5) is 0 Å². The highest BCUT2D eigenvalue weighted by Crippen LogP contribution is 2.36. The van der Waals surface area contributed by atoms with Gasteiger partial charge in [-0.25, -0.2) is 14.4 Å². The van der Waals surface area contributed by atoms with E-state index in [4.69, 9.17) is 23.7 Å². The molecule has 0 aromatic heterocycles. The SMILES string of the molecule is C=CC(=O)OCCCCCCC1CCC(CCCCc2ccc(-c3ccc(C4O[C@@H](C(=O)OCCCC)[C@H](C(=O)OCCCC)O4)cc3)cc2)CC1. The van der Waals surface area contributed by atoms with E-state index in [1.807, 2.05) is 38.1 Å². The summed E-state index contributed by atoms with van der Waals surface area (Å²) in [5.41, 5.74) is 4.29. The Balaban J connectivity index is 1.15. The number of hydrogen-bond acceptors (Lipinski definition) is 8. The predicted octanol–water partition coefficient (Wildman–Crippen LogP) is 10.0. The van der Waals surface area contributed by atoms with Crippen LogP contribution in [0.2, 0.25) is 0 Å². The molecule has 52 heavy (non-hydrogen) atoms. The van der Waals surface area contributed by atoms with Gasteiger partial charge < -0.3 is 23.7 Å². The summed E-state index contributed by atoms with van der Waals surface area (Å²) in [5, 5.41) is 0. The molecule has 8 nitrogen and oxygen atoms in total. The van der Waals surface area contributed by atoms with Crippen LogP contribution in [-0.4, -0.2) is 49.9 Å². The topological polar surface area (TPSA) is 97.4 Å². The van der Waals surface area contributed by atoms with E-state index in [-0.39, 0.29) is 19.2 Å². The normalized spacial score (nSPS) is 20.3. The van der Waals surface area contributed by atoms with Crippen molar-refractivity contribution in [2.75, 3.05) is 19.8 Å². The van der Waals surface area contributed by atoms with Gasteiger partial charge in [0.1, 0.15) is 0 Å². The van der Waals surface area contributed by atoms with Crippen molar-refractivity contribution >= 4 is 17.9 Å². The highest BCUT2D eigenvalue weighted by Gasteiger charge is 2.47. The summed E-state index contributed by atoms with van der Waals surface area (Å²) in [4.78, 5) is 36.7. The van der Waals surface area contributed by atoms with E-state index in [2.05, 4.69) is 30.8 Å². The third kappa shape index (κ3) is 13.8. The fourth-order valence-corrected chi connectivity index (χ4v) is 7.14. The van der Waals surface area contributed by atoms with Gasteiger partial charge in [0, 0.05) is 11.6 Å². The first-order valence-electron chi connectivity index (χ1n) is 20.0. The van der Waals surface area contributed by atoms with Gasteiger partial charge in [0.25, 0.3) is 0 Å². The van der Waals surface area contributed by atoms with Crippen LogP contribution in [0.5, 0.6) is 0 Å². The molecule has 4 rings (SSSR count). The molecule has 2 aromatic rings. The number of benzene rings is 2. The molecular weight excluding hydrogens is 656 g/mol. The minimum absolute atomic E-state index is 0.273. The van der Waals surface area contributed by atoms with E-state index in [0.717, 1.165) is 73.5 Å². The molecule has 1 heterocycles. The van der Waals surface area contributed by atoms with Gasteiger partial charge >= 0.3 is 17.9 Å². The van der Waals surface area contributed by atoms with Gasteiger partial charge in [0.2, 0.25) is 0 Å². The Morgan fingerprint density at radius 3 is 1.63 bits per heavy atom. The molecule has 2 fully saturated rings. The van der Waals surface area contributed by atoms with Crippen molar-refractivity contribution in [1.82, 2.24) is 0 Å². The van der Waals surface area contributed by atoms with Crippen molar-refractivity contribution in [1.29, 1.82) is 0 Å². The van der Waals surface area contributed by atoms with Crippen molar-refractivity contribution < 1.29 is 38.1 Å². The summed E-state index contributed by atoms with van der Waals surface area (Å²) in [6.07, 6.45) is 17.7. The number of aryl methyl sites for hydroxylation is 1. The Labute approximate surface area is 312 Å². The first-order chi connectivity index (χ1) is 25.4. The molecular formula is C44H62O8. The Morgan fingerprint density at radius 1 is 0.635 bits per heavy atom. The van der Waals surface area contributed by atoms with Crippen LogP contribution in [0.1, 0.15) is 134 Å². The number of esters is 3. The minimum Gasteiger partial charge on any atom is -0.464 e. The van der Waals surface area contributed by atoms with Gasteiger partial charge in [-0.3, -0.25) is 0 Å². The molecule has 2 aromatic carbocycles. The zero-order valence-electron chi connectivity index (χ0n) is 31.7. The van der Waals surface area contributed by atoms with Crippen molar-refractivity contribution in [3.8, 4) is 11.1 Å². The second-order valence-corrected chi connectivity index (χ2v) is 14.5. The molecule has 286 valence electrons. The van der Waals surface area contributed by atoms with E-state index in [0.29, 0.717) is 6.61 Å². The fraction of sp³-hybridized carbons (Fsp3) is 0.614. The Kier molecular flexibility index (Phi) is 18.4. The second kappa shape index (κ2) is 23.2. The van der Waals surface area contributed by atoms with E-state index in [9.17, 15) is 14.4 Å². The first kappa shape index (κ1) is 41.3. The van der Waals surface area contributed by atoms with Crippen LogP contribution in [0.25, 0.3) is 11.1 Å². The zero-order chi connectivity index (χ0) is 37.0. The summed E-state index contributed by atoms with van der Waals surface area (Å²) < 4.78 is 27.7. The van der Waals surface area contributed by atoms with Gasteiger partial charge in [-0.1, -0.05) is 146 Å². The number of rotatable bonds is 23. The van der Waals surface area contributed by atoms with E-state index in [1.54, 1.807) is 0 Å². The lowest BCUT2D eigenvalue weighted by molar-refractivity contribution is -0.163. The van der Waals surface area contributed by atoms with Crippen LogP contribution in [-0.2, 0) is 44.5 Å². The maximum absolute atomic E-state index is 12.8. The molecule has 1 aliphatic carbocycles. The van der Waals surface area contributed by atoms with Crippen molar-refractivity contribution in [2.24, 2.45) is 11.8 Å². The molecule has 2 aliphatic rings. The maximum Gasteiger partial charge on any atom is 0.338 e. The zero-order valence-corrected chi connectivity index (χ0v) is 31.7. The Morgan fingerprint density at radius 2 is 1.12 bits per heavy atom. The summed E-state index contributed by atoms with van der Waals surface area (Å²) in [6.45, 7) is 8.51. The molecule has 0 unspecified atom stereocenters. The molecule has 0 amide bonds. The van der Waals surface area contributed by atoms with Crippen molar-refractivity contribution in [2.45, 2.75) is 141 Å². The number of ether oxygens (including phenoxy) is 5. The summed E-state index contributed by atoms with van der Waals surface area (Å²) in [5.74, 6) is 0.255. The van der Waals surface area contributed by atoms with Crippen molar-refractivity contribution in [3.05, 3.63) is 72.3 Å². The van der Waals surface area contributed by atoms with Gasteiger partial charge in [-0.15, -0.1) is 0 Å². The smallest absolute Gasteiger partial charge is 0.338 e. The average molecular weight is 719 g/mol. The molecule has 1 aliphatic heterocycles. The Bertz CT molecular complexity index is 1320. The van der Waals surface area contributed by atoms with E-state index < -0.39 is 30.4 Å². The lowest BCUT2D eigenvalue weighted by atomic mass is 9.78. The monoisotopic (exact) mass is 718 g/mol. The molecule has 1 saturated carbocycles. The number of unbranched alkanes of at least 4 members (excludes halogenated alkanes) is 6. The minimum atomic E-state index is -1.17. The predicted molar refractivity (Wildman–Crippen MR) is 203 cm³/mol. The number of carbonyl (C=O) groups excluding carboxylic acids is 3. The van der Waals surface area contributed by atoms with Gasteiger partial charge in [-0.2, -0.15) is 0 Å². The number of hydrogen-bond donors (Lipinski definition) is 0. The van der Waals surface area contributed by atoms with Crippen LogP contribution in [0.15, 0.2) is 61.2 Å². The third-order valence-electron chi connectivity index (χ3n) is 10.4. The quantitative estimate of drug-likeness (QED) is 0.0485. The first-order valence-corrected chi connectivity index (χ1v) is 20.0. The molecule has 0 N–H and O–H groups in total. The molecule has 0 spiro atoms. The van der Waals surface area contributed by atoms with Crippen LogP contribution >= 0.6 is 0 Å². The molecule has 2 atom stereocenters. The molecule has 8 heteroatoms. The third-order valence-corrected chi connectivity index (χ3v) is 10.4. The van der Waals surface area contributed by atoms with Gasteiger partial charge in [0.05, 0.1) is 19.8 Å². The largest absolute Gasteiger partial charge is 0.464 e. The number of carbonyl (C=O) groups is 3. The van der Waals surface area contributed by atoms with E-state index >= 15 is 0 Å². The maximum atomic E-state index is 12.8. The lowest BCUT2D eigenvalue weighted by Crippen LogP contribution is -2.39. The average Bonchev–Trinajstić information content (AvgIpc) is 3.63. The summed E-state index contributed by atoms with van der Waals surface area (Å²) in [6, 6.07) is 16.7. The second-order valence-electron chi connectivity index (χ2n) is 14.5. The van der Waals surface area contributed by atoms with Crippen LogP contribution in [0, 0.1) is 11.8 Å². The van der Waals surface area contributed by atoms with E-state index in [1.165, 1.54) is 75.8 Å². The van der Waals surface area contributed by atoms with Crippen LogP contribution in [0.3, 0.4) is 0 Å². The summed E-state index contributed by atoms with van der Waals surface area (Å²) >= 11 is 0. The molecule has 0 radical (unpaired) electrons. The van der Waals surface area contributed by atoms with Crippen LogP contribution < -0.4 is 0 Å². The van der Waals surface area contributed by atoms with Crippen molar-refractivity contribution in [3.63, 3.8) is 0 Å². The highest BCUT2D eigenvalue weighted by atomic mass is 16.8. The van der Waals surface area contributed by atoms with Gasteiger partial charge in [-0.05, 0) is 60.6 Å². The lowest BCUT2D eigenvalue weighted by Gasteiger charge is -2.28. The molecule has 1 saturated heterocycles. The summed E-state index contributed by atoms with van der Waals surface area (Å²) in [7, 11) is 0. The molecule has 0 bridgehead atoms. The standard InChI is InChI=1S/C44H62O8/c1-4-7-30-49-42(46)40-41(43(47)50-31-8-5-2)52-44(51-40)38-28-26-37(27-29-38)36-24-22-35(23-25-36)17-13-12-16-34-20-18-33(19-21-34)15-11-9-10-14-32-48-39(45)6-3/h6,22-29,33-34,40-41,44H,3-5,7-21,30-32H2,1-2H3/t33?,34?,40-,41-/m1/s1.